The van der Waals surface area contributed by atoms with Crippen molar-refractivity contribution in [2.24, 2.45) is 0 Å². The lowest BCUT2D eigenvalue weighted by Gasteiger charge is -2.25. The molecule has 1 aromatic heterocycles. The van der Waals surface area contributed by atoms with Gasteiger partial charge in [-0.15, -0.1) is 11.3 Å². The number of fused-ring (bicyclic) bond motifs is 1. The number of benzene rings is 2. The van der Waals surface area contributed by atoms with Crippen LogP contribution in [0, 0.1) is 0 Å². The predicted octanol–water partition coefficient (Wildman–Crippen LogP) is 4.70. The molecule has 0 aliphatic carbocycles. The molecule has 1 amide bonds. The number of para-hydroxylation sites is 1. The lowest BCUT2D eigenvalue weighted by molar-refractivity contribution is 0.0739. The molecule has 0 radical (unpaired) electrons. The first-order valence-electron chi connectivity index (χ1n) is 11.1. The second kappa shape index (κ2) is 9.79. The van der Waals surface area contributed by atoms with Gasteiger partial charge in [0.05, 0.1) is 33.8 Å². The standard InChI is InChI=1S/C24H29N3O4S2/c1-17(23-25-20-10-6-7-11-22(20)32-23)26(2)24(28)19-16-18(12-13-21(19)31-3)33(29,30)27-14-8-4-5-9-15-27/h6-7,10-13,16-17H,4-5,8-9,14-15H2,1-3H3/t17-/m1/s1. The molecule has 2 heterocycles. The number of carbonyl (C=O) groups excluding carboxylic acids is 1. The summed E-state index contributed by atoms with van der Waals surface area (Å²) >= 11 is 1.55. The third-order valence-corrected chi connectivity index (χ3v) is 9.27. The largest absolute Gasteiger partial charge is 0.496 e. The monoisotopic (exact) mass is 487 g/mol. The Morgan fingerprint density at radius 3 is 2.48 bits per heavy atom. The van der Waals surface area contributed by atoms with Crippen molar-refractivity contribution in [2.75, 3.05) is 27.2 Å². The summed E-state index contributed by atoms with van der Waals surface area (Å²) in [6.45, 7) is 2.93. The number of carbonyl (C=O) groups is 1. The van der Waals surface area contributed by atoms with Crippen LogP contribution in [0.3, 0.4) is 0 Å². The smallest absolute Gasteiger partial charge is 0.257 e. The van der Waals surface area contributed by atoms with Crippen LogP contribution in [0.4, 0.5) is 0 Å². The zero-order valence-corrected chi connectivity index (χ0v) is 20.8. The van der Waals surface area contributed by atoms with Gasteiger partial charge in [0, 0.05) is 20.1 Å². The third kappa shape index (κ3) is 4.76. The fourth-order valence-electron chi connectivity index (χ4n) is 4.05. The highest BCUT2D eigenvalue weighted by Gasteiger charge is 2.29. The van der Waals surface area contributed by atoms with Crippen LogP contribution >= 0.6 is 11.3 Å². The Bertz CT molecular complexity index is 1210. The van der Waals surface area contributed by atoms with Gasteiger partial charge in [0.25, 0.3) is 5.91 Å². The Hall–Kier alpha value is -2.49. The Morgan fingerprint density at radius 2 is 1.82 bits per heavy atom. The molecule has 176 valence electrons. The van der Waals surface area contributed by atoms with E-state index < -0.39 is 10.0 Å². The molecule has 7 nitrogen and oxygen atoms in total. The topological polar surface area (TPSA) is 79.8 Å². The van der Waals surface area contributed by atoms with Crippen LogP contribution in [0.5, 0.6) is 5.75 Å². The molecule has 0 spiro atoms. The molecule has 1 aliphatic heterocycles. The van der Waals surface area contributed by atoms with E-state index >= 15 is 0 Å². The molecule has 1 atom stereocenters. The zero-order valence-electron chi connectivity index (χ0n) is 19.2. The molecule has 2 aromatic carbocycles. The fraction of sp³-hybridized carbons (Fsp3) is 0.417. The summed E-state index contributed by atoms with van der Waals surface area (Å²) in [4.78, 5) is 19.9. The van der Waals surface area contributed by atoms with Crippen molar-refractivity contribution >= 4 is 37.5 Å². The van der Waals surface area contributed by atoms with Crippen molar-refractivity contribution in [3.05, 3.63) is 53.0 Å². The van der Waals surface area contributed by atoms with Crippen LogP contribution in [0.15, 0.2) is 47.4 Å². The molecule has 0 saturated carbocycles. The summed E-state index contributed by atoms with van der Waals surface area (Å²) in [5, 5.41) is 0.819. The summed E-state index contributed by atoms with van der Waals surface area (Å²) in [7, 11) is -0.504. The first-order valence-corrected chi connectivity index (χ1v) is 13.4. The molecule has 4 rings (SSSR count). The van der Waals surface area contributed by atoms with Gasteiger partial charge in [-0.2, -0.15) is 4.31 Å². The van der Waals surface area contributed by atoms with Crippen LogP contribution in [0.1, 0.15) is 54.0 Å². The molecule has 0 N–H and O–H groups in total. The van der Waals surface area contributed by atoms with Gasteiger partial charge in [-0.25, -0.2) is 13.4 Å². The fourth-order valence-corrected chi connectivity index (χ4v) is 6.65. The van der Waals surface area contributed by atoms with Crippen LogP contribution in [-0.4, -0.2) is 55.8 Å². The molecule has 1 aliphatic rings. The summed E-state index contributed by atoms with van der Waals surface area (Å²) < 4.78 is 34.6. The highest BCUT2D eigenvalue weighted by atomic mass is 32.2. The molecular weight excluding hydrogens is 458 g/mol. The Kier molecular flexibility index (Phi) is 7.02. The average Bonchev–Trinajstić information content (AvgIpc) is 3.07. The maximum Gasteiger partial charge on any atom is 0.257 e. The Labute approximate surface area is 199 Å². The molecule has 1 fully saturated rings. The van der Waals surface area contributed by atoms with E-state index in [1.54, 1.807) is 29.4 Å². The summed E-state index contributed by atoms with van der Waals surface area (Å²) in [6, 6.07) is 12.1. The van der Waals surface area contributed by atoms with E-state index in [1.165, 1.54) is 23.5 Å². The molecule has 3 aromatic rings. The SMILES string of the molecule is COc1ccc(S(=O)(=O)N2CCCCCC2)cc1C(=O)N(C)[C@H](C)c1nc2ccccc2s1. The van der Waals surface area contributed by atoms with Gasteiger partial charge < -0.3 is 9.64 Å². The third-order valence-electron chi connectivity index (χ3n) is 6.17. The van der Waals surface area contributed by atoms with Gasteiger partial charge in [0.1, 0.15) is 10.8 Å². The van der Waals surface area contributed by atoms with E-state index in [0.29, 0.717) is 18.8 Å². The lowest BCUT2D eigenvalue weighted by atomic mass is 10.1. The zero-order chi connectivity index (χ0) is 23.6. The maximum atomic E-state index is 13.5. The van der Waals surface area contributed by atoms with Crippen molar-refractivity contribution in [2.45, 2.75) is 43.5 Å². The van der Waals surface area contributed by atoms with Gasteiger partial charge in [-0.3, -0.25) is 4.79 Å². The Morgan fingerprint density at radius 1 is 1.12 bits per heavy atom. The molecule has 0 bridgehead atoms. The second-order valence-electron chi connectivity index (χ2n) is 8.29. The van der Waals surface area contributed by atoms with Crippen molar-refractivity contribution in [3.8, 4) is 5.75 Å². The van der Waals surface area contributed by atoms with E-state index in [1.807, 2.05) is 31.2 Å². The minimum absolute atomic E-state index is 0.120. The van der Waals surface area contributed by atoms with Crippen molar-refractivity contribution in [1.29, 1.82) is 0 Å². The lowest BCUT2D eigenvalue weighted by Crippen LogP contribution is -2.33. The average molecular weight is 488 g/mol. The minimum Gasteiger partial charge on any atom is -0.496 e. The van der Waals surface area contributed by atoms with Crippen molar-refractivity contribution in [1.82, 2.24) is 14.2 Å². The molecule has 1 saturated heterocycles. The van der Waals surface area contributed by atoms with E-state index in [9.17, 15) is 13.2 Å². The number of thiazole rings is 1. The van der Waals surface area contributed by atoms with Gasteiger partial charge in [-0.05, 0) is 50.1 Å². The van der Waals surface area contributed by atoms with Gasteiger partial charge in [-0.1, -0.05) is 25.0 Å². The number of methoxy groups -OCH3 is 1. The van der Waals surface area contributed by atoms with Gasteiger partial charge in [0.15, 0.2) is 0 Å². The summed E-state index contributed by atoms with van der Waals surface area (Å²) in [6.07, 6.45) is 3.77. The van der Waals surface area contributed by atoms with E-state index in [4.69, 9.17) is 4.74 Å². The molecule has 33 heavy (non-hydrogen) atoms. The molecule has 0 unspecified atom stereocenters. The quantitative estimate of drug-likeness (QED) is 0.503. The van der Waals surface area contributed by atoms with Crippen molar-refractivity contribution in [3.63, 3.8) is 0 Å². The van der Waals surface area contributed by atoms with Gasteiger partial charge >= 0.3 is 0 Å². The van der Waals surface area contributed by atoms with E-state index in [2.05, 4.69) is 4.98 Å². The molecular formula is C24H29N3O4S2. The summed E-state index contributed by atoms with van der Waals surface area (Å²) in [5.74, 6) is 0.0321. The van der Waals surface area contributed by atoms with Crippen LogP contribution in [0.25, 0.3) is 10.2 Å². The normalized spacial score (nSPS) is 16.3. The van der Waals surface area contributed by atoms with Crippen LogP contribution in [0.2, 0.25) is 0 Å². The van der Waals surface area contributed by atoms with Crippen molar-refractivity contribution < 1.29 is 17.9 Å². The number of ether oxygens (including phenoxy) is 1. The maximum absolute atomic E-state index is 13.5. The molecule has 9 heteroatoms. The number of hydrogen-bond donors (Lipinski definition) is 0. The first-order chi connectivity index (χ1) is 15.8. The highest BCUT2D eigenvalue weighted by Crippen LogP contribution is 2.32. The number of nitrogens with zero attached hydrogens (tertiary/aromatic N) is 3. The second-order valence-corrected chi connectivity index (χ2v) is 11.3. The summed E-state index contributed by atoms with van der Waals surface area (Å²) in [5.41, 5.74) is 1.12. The first kappa shape index (κ1) is 23.7. The van der Waals surface area contributed by atoms with Crippen LogP contribution in [-0.2, 0) is 10.0 Å². The predicted molar refractivity (Wildman–Crippen MR) is 130 cm³/mol. The van der Waals surface area contributed by atoms with E-state index in [-0.39, 0.29) is 22.4 Å². The van der Waals surface area contributed by atoms with Gasteiger partial charge in [0.2, 0.25) is 10.0 Å². The van der Waals surface area contributed by atoms with E-state index in [0.717, 1.165) is 40.9 Å². The van der Waals surface area contributed by atoms with Crippen LogP contribution < -0.4 is 4.74 Å². The number of hydrogen-bond acceptors (Lipinski definition) is 6. The Balaban J connectivity index is 1.64. The minimum atomic E-state index is -3.69. The number of amides is 1. The number of aromatic nitrogens is 1. The highest BCUT2D eigenvalue weighted by molar-refractivity contribution is 7.89. The number of rotatable bonds is 6. The number of sulfonamides is 1.